The number of benzene rings is 2. The zero-order chi connectivity index (χ0) is 21.9. The molecule has 1 aliphatic rings. The number of carbonyl (C=O) groups is 3. The number of methoxy groups -OCH3 is 1. The molecule has 0 radical (unpaired) electrons. The van der Waals surface area contributed by atoms with E-state index in [1.165, 1.54) is 6.92 Å². The van der Waals surface area contributed by atoms with Gasteiger partial charge < -0.3 is 15.4 Å². The van der Waals surface area contributed by atoms with E-state index in [0.717, 1.165) is 4.90 Å². The lowest BCUT2D eigenvalue weighted by Gasteiger charge is -2.27. The third kappa shape index (κ3) is 3.57. The average molecular weight is 406 g/mol. The van der Waals surface area contributed by atoms with Crippen molar-refractivity contribution >= 4 is 23.5 Å². The number of carbonyl (C=O) groups excluding carboxylic acids is 3. The van der Waals surface area contributed by atoms with Crippen LogP contribution in [0, 0.1) is 11.3 Å². The van der Waals surface area contributed by atoms with E-state index in [4.69, 9.17) is 10.00 Å². The van der Waals surface area contributed by atoms with Crippen molar-refractivity contribution in [3.8, 4) is 11.8 Å². The Kier molecular flexibility index (Phi) is 5.74. The highest BCUT2D eigenvalue weighted by atomic mass is 16.5. The summed E-state index contributed by atoms with van der Waals surface area (Å²) >= 11 is 0. The maximum Gasteiger partial charge on any atom is 0.326 e. The third-order valence-electron chi connectivity index (χ3n) is 5.28. The highest BCUT2D eigenvalue weighted by Crippen LogP contribution is 2.34. The van der Waals surface area contributed by atoms with E-state index < -0.39 is 29.4 Å². The van der Waals surface area contributed by atoms with Crippen molar-refractivity contribution in [1.29, 1.82) is 5.26 Å². The van der Waals surface area contributed by atoms with E-state index in [1.807, 2.05) is 6.07 Å². The Bertz CT molecular complexity index is 1010. The number of nitrogens with zero attached hydrogens (tertiary/aromatic N) is 2. The van der Waals surface area contributed by atoms with E-state index in [9.17, 15) is 14.4 Å². The van der Waals surface area contributed by atoms with Gasteiger partial charge in [0.1, 0.15) is 17.3 Å². The lowest BCUT2D eigenvalue weighted by Crippen LogP contribution is -2.47. The van der Waals surface area contributed by atoms with Gasteiger partial charge in [-0.15, -0.1) is 0 Å². The van der Waals surface area contributed by atoms with Crippen molar-refractivity contribution in [2.75, 3.05) is 12.4 Å². The number of imide groups is 1. The van der Waals surface area contributed by atoms with Crippen LogP contribution in [0.1, 0.15) is 31.4 Å². The topological polar surface area (TPSA) is 112 Å². The highest BCUT2D eigenvalue weighted by Gasteiger charge is 2.53. The molecule has 3 rings (SSSR count). The monoisotopic (exact) mass is 406 g/mol. The van der Waals surface area contributed by atoms with E-state index >= 15 is 0 Å². The summed E-state index contributed by atoms with van der Waals surface area (Å²) < 4.78 is 5.15. The fraction of sp³-hybridized carbons (Fsp3) is 0.273. The molecule has 30 heavy (non-hydrogen) atoms. The summed E-state index contributed by atoms with van der Waals surface area (Å²) in [6.07, 6.45) is 0.324. The van der Waals surface area contributed by atoms with E-state index in [0.29, 0.717) is 29.0 Å². The summed E-state index contributed by atoms with van der Waals surface area (Å²) in [6, 6.07) is 13.5. The van der Waals surface area contributed by atoms with Gasteiger partial charge in [-0.3, -0.25) is 9.59 Å². The van der Waals surface area contributed by atoms with Gasteiger partial charge in [0.05, 0.1) is 18.7 Å². The Labute approximate surface area is 174 Å². The van der Waals surface area contributed by atoms with Crippen LogP contribution in [0.2, 0.25) is 0 Å². The Balaban J connectivity index is 1.82. The molecule has 8 heteroatoms. The molecule has 2 atom stereocenters. The van der Waals surface area contributed by atoms with Gasteiger partial charge in [0.25, 0.3) is 5.91 Å². The predicted molar refractivity (Wildman–Crippen MR) is 110 cm³/mol. The van der Waals surface area contributed by atoms with Gasteiger partial charge in [-0.05, 0) is 55.3 Å². The summed E-state index contributed by atoms with van der Waals surface area (Å²) in [7, 11) is 1.54. The molecule has 2 N–H and O–H groups in total. The molecule has 8 nitrogen and oxygen atoms in total. The second-order valence-electron chi connectivity index (χ2n) is 6.95. The van der Waals surface area contributed by atoms with Gasteiger partial charge in [0.15, 0.2) is 0 Å². The van der Waals surface area contributed by atoms with Crippen LogP contribution >= 0.6 is 0 Å². The number of hydrogen-bond donors (Lipinski definition) is 2. The number of anilines is 1. The molecule has 1 saturated heterocycles. The Morgan fingerprint density at radius 2 is 1.83 bits per heavy atom. The summed E-state index contributed by atoms with van der Waals surface area (Å²) in [5.41, 5.74) is 0.301. The van der Waals surface area contributed by atoms with Crippen molar-refractivity contribution in [3.63, 3.8) is 0 Å². The van der Waals surface area contributed by atoms with E-state index in [2.05, 4.69) is 10.6 Å². The first-order chi connectivity index (χ1) is 14.4. The largest absolute Gasteiger partial charge is 0.497 e. The number of ether oxygens (including phenoxy) is 1. The molecule has 1 fully saturated rings. The molecule has 0 unspecified atom stereocenters. The molecule has 0 spiro atoms. The molecule has 2 aromatic carbocycles. The van der Waals surface area contributed by atoms with Crippen LogP contribution in [0.5, 0.6) is 5.75 Å². The minimum atomic E-state index is -1.24. The SMILES string of the molecule is CC[C@@]1(c2ccc(OC)cc2)NC(=O)N([C@@H](C)C(=O)Nc2ccc(C#N)cc2)C1=O. The van der Waals surface area contributed by atoms with Crippen molar-refractivity contribution in [3.05, 3.63) is 59.7 Å². The molecule has 1 heterocycles. The van der Waals surface area contributed by atoms with Crippen LogP contribution in [-0.4, -0.2) is 35.9 Å². The van der Waals surface area contributed by atoms with Gasteiger partial charge >= 0.3 is 6.03 Å². The van der Waals surface area contributed by atoms with Crippen molar-refractivity contribution in [1.82, 2.24) is 10.2 Å². The van der Waals surface area contributed by atoms with E-state index in [1.54, 1.807) is 62.6 Å². The first kappa shape index (κ1) is 20.9. The second-order valence-corrected chi connectivity index (χ2v) is 6.95. The van der Waals surface area contributed by atoms with Crippen LogP contribution in [0.3, 0.4) is 0 Å². The molecule has 1 aliphatic heterocycles. The van der Waals surface area contributed by atoms with Gasteiger partial charge in [-0.1, -0.05) is 19.1 Å². The zero-order valence-electron chi connectivity index (χ0n) is 16.9. The summed E-state index contributed by atoms with van der Waals surface area (Å²) in [6.45, 7) is 3.30. The van der Waals surface area contributed by atoms with Crippen LogP contribution in [0.15, 0.2) is 48.5 Å². The molecule has 4 amide bonds. The van der Waals surface area contributed by atoms with Crippen LogP contribution in [0.4, 0.5) is 10.5 Å². The van der Waals surface area contributed by atoms with Gasteiger partial charge in [0, 0.05) is 5.69 Å². The smallest absolute Gasteiger partial charge is 0.326 e. The number of hydrogen-bond acceptors (Lipinski definition) is 5. The maximum atomic E-state index is 13.3. The number of rotatable bonds is 6. The third-order valence-corrected chi connectivity index (χ3v) is 5.28. The lowest BCUT2D eigenvalue weighted by atomic mass is 9.87. The Hall–Kier alpha value is -3.86. The number of nitriles is 1. The van der Waals surface area contributed by atoms with Crippen LogP contribution < -0.4 is 15.4 Å². The van der Waals surface area contributed by atoms with Gasteiger partial charge in [-0.2, -0.15) is 5.26 Å². The van der Waals surface area contributed by atoms with Crippen LogP contribution in [0.25, 0.3) is 0 Å². The standard InChI is InChI=1S/C22H22N4O4/c1-4-22(16-7-11-18(30-3)12-8-16)20(28)26(21(29)25-22)14(2)19(27)24-17-9-5-15(13-23)6-10-17/h5-12,14H,4H2,1-3H3,(H,24,27)(H,25,29)/t14-,22-/m0/s1. The molecule has 154 valence electrons. The fourth-order valence-electron chi connectivity index (χ4n) is 3.45. The molecule has 0 saturated carbocycles. The Morgan fingerprint density at radius 1 is 1.20 bits per heavy atom. The van der Waals surface area contributed by atoms with Crippen LogP contribution in [-0.2, 0) is 15.1 Å². The first-order valence-electron chi connectivity index (χ1n) is 9.47. The van der Waals surface area contributed by atoms with Crippen molar-refractivity contribution < 1.29 is 19.1 Å². The molecule has 0 aromatic heterocycles. The quantitative estimate of drug-likeness (QED) is 0.717. The van der Waals surface area contributed by atoms with E-state index in [-0.39, 0.29) is 0 Å². The average Bonchev–Trinajstić information content (AvgIpc) is 3.04. The van der Waals surface area contributed by atoms with Gasteiger partial charge in [-0.25, -0.2) is 9.69 Å². The number of nitrogens with one attached hydrogen (secondary N) is 2. The summed E-state index contributed by atoms with van der Waals surface area (Å²) in [5, 5.41) is 14.3. The predicted octanol–water partition coefficient (Wildman–Crippen LogP) is 2.75. The Morgan fingerprint density at radius 3 is 2.37 bits per heavy atom. The molecular weight excluding hydrogens is 384 g/mol. The molecular formula is C22H22N4O4. The maximum absolute atomic E-state index is 13.3. The first-order valence-corrected chi connectivity index (χ1v) is 9.47. The number of urea groups is 1. The molecule has 0 bridgehead atoms. The zero-order valence-corrected chi connectivity index (χ0v) is 16.9. The summed E-state index contributed by atoms with van der Waals surface area (Å²) in [5.74, 6) is -0.360. The summed E-state index contributed by atoms with van der Waals surface area (Å²) in [4.78, 5) is 39.6. The fourth-order valence-corrected chi connectivity index (χ4v) is 3.45. The number of amides is 4. The minimum absolute atomic E-state index is 0.324. The van der Waals surface area contributed by atoms with Crippen molar-refractivity contribution in [2.24, 2.45) is 0 Å². The highest BCUT2D eigenvalue weighted by molar-refractivity contribution is 6.11. The van der Waals surface area contributed by atoms with Gasteiger partial charge in [0.2, 0.25) is 5.91 Å². The molecule has 2 aromatic rings. The minimum Gasteiger partial charge on any atom is -0.497 e. The lowest BCUT2D eigenvalue weighted by molar-refractivity contribution is -0.136. The second kappa shape index (κ2) is 8.25. The normalized spacial score (nSPS) is 19.1. The van der Waals surface area contributed by atoms with Crippen molar-refractivity contribution in [2.45, 2.75) is 31.8 Å². The molecule has 0 aliphatic carbocycles.